The molecule has 0 spiro atoms. The third kappa shape index (κ3) is 4.29. The fourth-order valence-corrected chi connectivity index (χ4v) is 3.26. The van der Waals surface area contributed by atoms with Gasteiger partial charge in [-0.15, -0.1) is 0 Å². The van der Waals surface area contributed by atoms with Gasteiger partial charge in [-0.05, 0) is 31.0 Å². The molecule has 5 heteroatoms. The summed E-state index contributed by atoms with van der Waals surface area (Å²) in [5.74, 6) is 1.41. The molecule has 1 aromatic carbocycles. The van der Waals surface area contributed by atoms with Crippen LogP contribution in [0.25, 0.3) is 0 Å². The predicted molar refractivity (Wildman–Crippen MR) is 94.8 cm³/mol. The van der Waals surface area contributed by atoms with Gasteiger partial charge in [0.1, 0.15) is 11.5 Å². The minimum Gasteiger partial charge on any atom is -0.464 e. The van der Waals surface area contributed by atoms with Crippen LogP contribution in [-0.2, 0) is 22.6 Å². The van der Waals surface area contributed by atoms with Crippen molar-refractivity contribution < 1.29 is 14.0 Å². The lowest BCUT2D eigenvalue weighted by Gasteiger charge is -2.20. The summed E-state index contributed by atoms with van der Waals surface area (Å²) in [5, 5.41) is 0. The van der Waals surface area contributed by atoms with E-state index in [-0.39, 0.29) is 17.7 Å². The molecule has 2 heterocycles. The van der Waals surface area contributed by atoms with Crippen molar-refractivity contribution in [2.75, 3.05) is 20.1 Å². The largest absolute Gasteiger partial charge is 0.464 e. The summed E-state index contributed by atoms with van der Waals surface area (Å²) >= 11 is 0. The Morgan fingerprint density at radius 2 is 2.00 bits per heavy atom. The molecular weight excluding hydrogens is 316 g/mol. The Kier molecular flexibility index (Phi) is 5.22. The highest BCUT2D eigenvalue weighted by Gasteiger charge is 2.35. The van der Waals surface area contributed by atoms with Crippen LogP contribution in [-0.4, -0.2) is 41.8 Å². The molecule has 1 aliphatic heterocycles. The molecule has 3 rings (SSSR count). The SMILES string of the molecule is Cc1ccc(CN(C)C(=O)[C@H]2CC(=O)N(CCc3ccccc3)C2)o1. The Bertz CT molecular complexity index is 738. The molecule has 132 valence electrons. The molecule has 0 aliphatic carbocycles. The van der Waals surface area contributed by atoms with E-state index >= 15 is 0 Å². The summed E-state index contributed by atoms with van der Waals surface area (Å²) in [6.45, 7) is 3.48. The van der Waals surface area contributed by atoms with Crippen LogP contribution in [0.2, 0.25) is 0 Å². The van der Waals surface area contributed by atoms with Crippen molar-refractivity contribution >= 4 is 11.8 Å². The van der Waals surface area contributed by atoms with Crippen molar-refractivity contribution in [3.05, 3.63) is 59.5 Å². The number of hydrogen-bond donors (Lipinski definition) is 0. The topological polar surface area (TPSA) is 53.8 Å². The number of carbonyl (C=O) groups excluding carboxylic acids is 2. The third-order valence-corrected chi connectivity index (χ3v) is 4.64. The third-order valence-electron chi connectivity index (χ3n) is 4.64. The number of furan rings is 1. The molecule has 0 radical (unpaired) electrons. The average Bonchev–Trinajstić information content (AvgIpc) is 3.18. The Balaban J connectivity index is 1.53. The molecule has 0 bridgehead atoms. The van der Waals surface area contributed by atoms with E-state index in [4.69, 9.17) is 4.42 Å². The van der Waals surface area contributed by atoms with Gasteiger partial charge in [-0.2, -0.15) is 0 Å². The van der Waals surface area contributed by atoms with Gasteiger partial charge in [-0.1, -0.05) is 30.3 Å². The molecule has 0 saturated carbocycles. The maximum absolute atomic E-state index is 12.6. The van der Waals surface area contributed by atoms with Crippen molar-refractivity contribution in [2.24, 2.45) is 5.92 Å². The molecule has 0 N–H and O–H groups in total. The molecule has 25 heavy (non-hydrogen) atoms. The number of nitrogens with zero attached hydrogens (tertiary/aromatic N) is 2. The number of amides is 2. The second-order valence-corrected chi connectivity index (χ2v) is 6.68. The fraction of sp³-hybridized carbons (Fsp3) is 0.400. The second kappa shape index (κ2) is 7.55. The van der Waals surface area contributed by atoms with Crippen molar-refractivity contribution in [2.45, 2.75) is 26.3 Å². The number of hydrogen-bond acceptors (Lipinski definition) is 3. The normalized spacial score (nSPS) is 17.1. The van der Waals surface area contributed by atoms with Crippen molar-refractivity contribution in [3.8, 4) is 0 Å². The summed E-state index contributed by atoms with van der Waals surface area (Å²) in [5.41, 5.74) is 1.20. The van der Waals surface area contributed by atoms with Crippen molar-refractivity contribution in [1.82, 2.24) is 9.80 Å². The predicted octanol–water partition coefficient (Wildman–Crippen LogP) is 2.64. The standard InChI is InChI=1S/C20H24N2O3/c1-15-8-9-18(25-15)14-21(2)20(24)17-12-19(23)22(13-17)11-10-16-6-4-3-5-7-16/h3-9,17H,10-14H2,1-2H3/t17-/m0/s1. The first-order chi connectivity index (χ1) is 12.0. The zero-order chi connectivity index (χ0) is 17.8. The summed E-state index contributed by atoms with van der Waals surface area (Å²) in [7, 11) is 1.76. The van der Waals surface area contributed by atoms with Gasteiger partial charge in [0.05, 0.1) is 12.5 Å². The molecule has 1 atom stereocenters. The zero-order valence-corrected chi connectivity index (χ0v) is 14.8. The number of aryl methyl sites for hydroxylation is 1. The van der Waals surface area contributed by atoms with E-state index in [2.05, 4.69) is 12.1 Å². The number of carbonyl (C=O) groups is 2. The Morgan fingerprint density at radius 1 is 1.24 bits per heavy atom. The lowest BCUT2D eigenvalue weighted by atomic mass is 10.1. The van der Waals surface area contributed by atoms with Gasteiger partial charge in [0.2, 0.25) is 11.8 Å². The molecule has 1 saturated heterocycles. The minimum atomic E-state index is -0.260. The Labute approximate surface area is 148 Å². The van der Waals surface area contributed by atoms with Crippen LogP contribution in [0.1, 0.15) is 23.5 Å². The molecule has 1 aromatic heterocycles. The smallest absolute Gasteiger partial charge is 0.228 e. The molecule has 0 unspecified atom stereocenters. The summed E-state index contributed by atoms with van der Waals surface area (Å²) in [4.78, 5) is 28.3. The molecule has 5 nitrogen and oxygen atoms in total. The van der Waals surface area contributed by atoms with Gasteiger partial charge in [-0.25, -0.2) is 0 Å². The van der Waals surface area contributed by atoms with E-state index in [9.17, 15) is 9.59 Å². The van der Waals surface area contributed by atoms with Gasteiger partial charge >= 0.3 is 0 Å². The van der Waals surface area contributed by atoms with E-state index in [1.807, 2.05) is 37.3 Å². The van der Waals surface area contributed by atoms with E-state index in [1.165, 1.54) is 5.56 Å². The minimum absolute atomic E-state index is 0.00427. The Morgan fingerprint density at radius 3 is 2.68 bits per heavy atom. The average molecular weight is 340 g/mol. The lowest BCUT2D eigenvalue weighted by Crippen LogP contribution is -2.34. The van der Waals surface area contributed by atoms with Crippen LogP contribution in [0.15, 0.2) is 46.9 Å². The molecule has 1 aliphatic rings. The highest BCUT2D eigenvalue weighted by molar-refractivity contribution is 5.89. The monoisotopic (exact) mass is 340 g/mol. The van der Waals surface area contributed by atoms with Gasteiger partial charge in [0.15, 0.2) is 0 Å². The van der Waals surface area contributed by atoms with Crippen molar-refractivity contribution in [3.63, 3.8) is 0 Å². The fourth-order valence-electron chi connectivity index (χ4n) is 3.26. The van der Waals surface area contributed by atoms with Crippen LogP contribution in [0.4, 0.5) is 0 Å². The molecule has 1 fully saturated rings. The zero-order valence-electron chi connectivity index (χ0n) is 14.8. The van der Waals surface area contributed by atoms with Gasteiger partial charge in [0, 0.05) is 26.6 Å². The summed E-state index contributed by atoms with van der Waals surface area (Å²) in [6.07, 6.45) is 1.12. The van der Waals surface area contributed by atoms with E-state index in [0.717, 1.165) is 17.9 Å². The Hall–Kier alpha value is -2.56. The maximum Gasteiger partial charge on any atom is 0.228 e. The van der Waals surface area contributed by atoms with Gasteiger partial charge < -0.3 is 14.2 Å². The van der Waals surface area contributed by atoms with E-state index in [0.29, 0.717) is 26.1 Å². The number of benzene rings is 1. The quantitative estimate of drug-likeness (QED) is 0.812. The molecular formula is C20H24N2O3. The first kappa shape index (κ1) is 17.3. The number of rotatable bonds is 6. The van der Waals surface area contributed by atoms with Gasteiger partial charge in [0.25, 0.3) is 0 Å². The first-order valence-electron chi connectivity index (χ1n) is 8.65. The summed E-state index contributed by atoms with van der Waals surface area (Å²) in [6, 6.07) is 13.9. The lowest BCUT2D eigenvalue weighted by molar-refractivity contribution is -0.135. The first-order valence-corrected chi connectivity index (χ1v) is 8.65. The van der Waals surface area contributed by atoms with Gasteiger partial charge in [-0.3, -0.25) is 9.59 Å². The second-order valence-electron chi connectivity index (χ2n) is 6.68. The van der Waals surface area contributed by atoms with Crippen LogP contribution >= 0.6 is 0 Å². The maximum atomic E-state index is 12.6. The van der Waals surface area contributed by atoms with Crippen LogP contribution in [0.5, 0.6) is 0 Å². The summed E-state index contributed by atoms with van der Waals surface area (Å²) < 4.78 is 5.53. The van der Waals surface area contributed by atoms with Crippen LogP contribution < -0.4 is 0 Å². The highest BCUT2D eigenvalue weighted by atomic mass is 16.3. The molecule has 2 aromatic rings. The van der Waals surface area contributed by atoms with E-state index < -0.39 is 0 Å². The van der Waals surface area contributed by atoms with Crippen LogP contribution in [0, 0.1) is 12.8 Å². The van der Waals surface area contributed by atoms with Crippen molar-refractivity contribution in [1.29, 1.82) is 0 Å². The van der Waals surface area contributed by atoms with E-state index in [1.54, 1.807) is 16.8 Å². The number of likely N-dealkylation sites (tertiary alicyclic amines) is 1. The highest BCUT2D eigenvalue weighted by Crippen LogP contribution is 2.21. The van der Waals surface area contributed by atoms with Crippen LogP contribution in [0.3, 0.4) is 0 Å². The molecule has 2 amide bonds.